The van der Waals surface area contributed by atoms with E-state index < -0.39 is 0 Å². The molecule has 1 aromatic rings. The van der Waals surface area contributed by atoms with Crippen LogP contribution < -0.4 is 11.1 Å². The predicted molar refractivity (Wildman–Crippen MR) is 64.4 cm³/mol. The maximum absolute atomic E-state index is 11.3. The minimum absolute atomic E-state index is 0.0178. The van der Waals surface area contributed by atoms with Gasteiger partial charge in [0.1, 0.15) is 6.54 Å². The zero-order valence-corrected chi connectivity index (χ0v) is 10.4. The molecule has 0 radical (unpaired) electrons. The molecule has 7 heteroatoms. The van der Waals surface area contributed by atoms with E-state index in [1.165, 1.54) is 4.68 Å². The number of carbonyl (C=O) groups excluding carboxylic acids is 1. The highest BCUT2D eigenvalue weighted by atomic mass is 16.5. The van der Waals surface area contributed by atoms with Gasteiger partial charge < -0.3 is 15.8 Å². The van der Waals surface area contributed by atoms with E-state index in [4.69, 9.17) is 10.5 Å². The number of carbonyl (C=O) groups is 1. The molecule has 7 nitrogen and oxygen atoms in total. The molecule has 0 saturated carbocycles. The Labute approximate surface area is 100 Å². The van der Waals surface area contributed by atoms with Gasteiger partial charge in [-0.15, -0.1) is 5.10 Å². The van der Waals surface area contributed by atoms with Crippen LogP contribution in [0.15, 0.2) is 0 Å². The molecule has 17 heavy (non-hydrogen) atoms. The third-order valence-electron chi connectivity index (χ3n) is 1.95. The number of nitrogens with two attached hydrogens (primary N) is 1. The number of nitrogens with one attached hydrogen (secondary N) is 1. The van der Waals surface area contributed by atoms with Crippen molar-refractivity contribution in [3.8, 4) is 0 Å². The molecule has 1 heterocycles. The summed E-state index contributed by atoms with van der Waals surface area (Å²) in [7, 11) is 0. The van der Waals surface area contributed by atoms with Gasteiger partial charge in [-0.1, -0.05) is 13.8 Å². The molecule has 0 fully saturated rings. The number of nitrogen functional groups attached to an aromatic ring is 1. The molecule has 0 saturated heterocycles. The summed E-state index contributed by atoms with van der Waals surface area (Å²) in [6.45, 7) is 6.97. The lowest BCUT2D eigenvalue weighted by Crippen LogP contribution is -2.16. The van der Waals surface area contributed by atoms with Crippen molar-refractivity contribution in [1.82, 2.24) is 14.8 Å². The van der Waals surface area contributed by atoms with Crippen molar-refractivity contribution < 1.29 is 9.53 Å². The third kappa shape index (κ3) is 4.29. The fourth-order valence-electron chi connectivity index (χ4n) is 1.17. The summed E-state index contributed by atoms with van der Waals surface area (Å²) in [5, 5.41) is 7.11. The van der Waals surface area contributed by atoms with Crippen LogP contribution in [0.4, 0.5) is 11.9 Å². The van der Waals surface area contributed by atoms with E-state index >= 15 is 0 Å². The van der Waals surface area contributed by atoms with Crippen molar-refractivity contribution in [2.45, 2.75) is 27.3 Å². The Kier molecular flexibility index (Phi) is 4.74. The summed E-state index contributed by atoms with van der Waals surface area (Å²) in [5.41, 5.74) is 5.63. The number of ether oxygens (including phenoxy) is 1. The maximum atomic E-state index is 11.3. The highest BCUT2D eigenvalue weighted by Gasteiger charge is 2.11. The Morgan fingerprint density at radius 3 is 2.88 bits per heavy atom. The quantitative estimate of drug-likeness (QED) is 0.704. The van der Waals surface area contributed by atoms with E-state index in [9.17, 15) is 4.79 Å². The van der Waals surface area contributed by atoms with Crippen LogP contribution in [0.25, 0.3) is 0 Å². The Morgan fingerprint density at radius 2 is 2.29 bits per heavy atom. The molecule has 0 atom stereocenters. The van der Waals surface area contributed by atoms with Gasteiger partial charge in [0.05, 0.1) is 6.61 Å². The minimum Gasteiger partial charge on any atom is -0.465 e. The van der Waals surface area contributed by atoms with Gasteiger partial charge >= 0.3 is 5.97 Å². The SMILES string of the molecule is CCOC(=O)Cn1nc(NCC(C)C)nc1N. The van der Waals surface area contributed by atoms with E-state index in [2.05, 4.69) is 29.2 Å². The summed E-state index contributed by atoms with van der Waals surface area (Å²) < 4.78 is 6.12. The molecule has 0 amide bonds. The maximum Gasteiger partial charge on any atom is 0.327 e. The number of hydrogen-bond acceptors (Lipinski definition) is 6. The first-order valence-corrected chi connectivity index (χ1v) is 5.62. The first-order valence-electron chi connectivity index (χ1n) is 5.62. The molecule has 3 N–H and O–H groups in total. The highest BCUT2D eigenvalue weighted by molar-refractivity contribution is 5.69. The smallest absolute Gasteiger partial charge is 0.327 e. The first kappa shape index (κ1) is 13.3. The summed E-state index contributed by atoms with van der Waals surface area (Å²) in [4.78, 5) is 15.3. The molecular formula is C10H19N5O2. The zero-order valence-electron chi connectivity index (χ0n) is 10.4. The van der Waals surface area contributed by atoms with E-state index in [1.807, 2.05) is 0 Å². The molecule has 0 aromatic carbocycles. The Morgan fingerprint density at radius 1 is 1.59 bits per heavy atom. The topological polar surface area (TPSA) is 95.1 Å². The van der Waals surface area contributed by atoms with Crippen LogP contribution in [-0.4, -0.2) is 33.9 Å². The van der Waals surface area contributed by atoms with E-state index in [-0.39, 0.29) is 18.5 Å². The van der Waals surface area contributed by atoms with Crippen LogP contribution in [-0.2, 0) is 16.1 Å². The Balaban J connectivity index is 2.58. The van der Waals surface area contributed by atoms with Gasteiger partial charge in [-0.25, -0.2) is 4.68 Å². The second-order valence-corrected chi connectivity index (χ2v) is 4.03. The number of esters is 1. The van der Waals surface area contributed by atoms with Gasteiger partial charge in [0.25, 0.3) is 0 Å². The average molecular weight is 241 g/mol. The van der Waals surface area contributed by atoms with Crippen LogP contribution in [0, 0.1) is 5.92 Å². The van der Waals surface area contributed by atoms with Crippen molar-refractivity contribution >= 4 is 17.9 Å². The summed E-state index contributed by atoms with van der Waals surface area (Å²) in [6, 6.07) is 0. The average Bonchev–Trinajstić information content (AvgIpc) is 2.57. The van der Waals surface area contributed by atoms with Crippen LogP contribution >= 0.6 is 0 Å². The van der Waals surface area contributed by atoms with Gasteiger partial charge in [0.2, 0.25) is 11.9 Å². The fourth-order valence-corrected chi connectivity index (χ4v) is 1.17. The number of nitrogens with zero attached hydrogens (tertiary/aromatic N) is 3. The number of rotatable bonds is 6. The summed E-state index contributed by atoms with van der Waals surface area (Å²) in [5.74, 6) is 0.734. The van der Waals surface area contributed by atoms with E-state index in [0.717, 1.165) is 6.54 Å². The first-order chi connectivity index (χ1) is 8.02. The molecule has 1 aromatic heterocycles. The summed E-state index contributed by atoms with van der Waals surface area (Å²) >= 11 is 0. The molecule has 0 aliphatic heterocycles. The number of anilines is 2. The molecule has 0 aliphatic rings. The van der Waals surface area contributed by atoms with E-state index in [0.29, 0.717) is 18.5 Å². The number of aromatic nitrogens is 3. The van der Waals surface area contributed by atoms with Crippen molar-refractivity contribution in [3.05, 3.63) is 0 Å². The van der Waals surface area contributed by atoms with E-state index in [1.54, 1.807) is 6.92 Å². The minimum atomic E-state index is -0.375. The lowest BCUT2D eigenvalue weighted by Gasteiger charge is -2.04. The van der Waals surface area contributed by atoms with Crippen molar-refractivity contribution in [3.63, 3.8) is 0 Å². The van der Waals surface area contributed by atoms with Gasteiger partial charge in [-0.2, -0.15) is 4.98 Å². The lowest BCUT2D eigenvalue weighted by atomic mass is 10.2. The van der Waals surface area contributed by atoms with Crippen LogP contribution in [0.2, 0.25) is 0 Å². The molecule has 1 rings (SSSR count). The standard InChI is InChI=1S/C10H19N5O2/c1-4-17-8(16)6-15-9(11)13-10(14-15)12-5-7(2)3/h7H,4-6H2,1-3H3,(H3,11,12,13,14). The Bertz CT molecular complexity index is 375. The van der Waals surface area contributed by atoms with Crippen molar-refractivity contribution in [2.24, 2.45) is 5.92 Å². The monoisotopic (exact) mass is 241 g/mol. The molecular weight excluding hydrogens is 222 g/mol. The van der Waals surface area contributed by atoms with Crippen LogP contribution in [0.5, 0.6) is 0 Å². The van der Waals surface area contributed by atoms with Gasteiger partial charge in [0.15, 0.2) is 0 Å². The highest BCUT2D eigenvalue weighted by Crippen LogP contribution is 2.06. The molecule has 96 valence electrons. The van der Waals surface area contributed by atoms with Crippen molar-refractivity contribution in [2.75, 3.05) is 24.2 Å². The number of hydrogen-bond donors (Lipinski definition) is 2. The third-order valence-corrected chi connectivity index (χ3v) is 1.95. The van der Waals surface area contributed by atoms with Crippen LogP contribution in [0.3, 0.4) is 0 Å². The molecule has 0 aliphatic carbocycles. The summed E-state index contributed by atoms with van der Waals surface area (Å²) in [6.07, 6.45) is 0. The fraction of sp³-hybridized carbons (Fsp3) is 0.700. The second-order valence-electron chi connectivity index (χ2n) is 4.03. The molecule has 0 bridgehead atoms. The lowest BCUT2D eigenvalue weighted by molar-refractivity contribution is -0.143. The van der Waals surface area contributed by atoms with Crippen LogP contribution in [0.1, 0.15) is 20.8 Å². The second kappa shape index (κ2) is 6.07. The van der Waals surface area contributed by atoms with Gasteiger partial charge in [-0.3, -0.25) is 4.79 Å². The zero-order chi connectivity index (χ0) is 12.8. The Hall–Kier alpha value is -1.79. The normalized spacial score (nSPS) is 10.6. The molecule has 0 spiro atoms. The predicted octanol–water partition coefficient (Wildman–Crippen LogP) is 0.491. The van der Waals surface area contributed by atoms with Gasteiger partial charge in [-0.05, 0) is 12.8 Å². The van der Waals surface area contributed by atoms with Gasteiger partial charge in [0, 0.05) is 6.54 Å². The van der Waals surface area contributed by atoms with Crippen molar-refractivity contribution in [1.29, 1.82) is 0 Å². The molecule has 0 unspecified atom stereocenters. The largest absolute Gasteiger partial charge is 0.465 e.